The fourth-order valence-corrected chi connectivity index (χ4v) is 2.35. The second kappa shape index (κ2) is 4.99. The zero-order valence-corrected chi connectivity index (χ0v) is 10.1. The Kier molecular flexibility index (Phi) is 3.41. The number of nitrogens with two attached hydrogens (primary N) is 1. The molecule has 0 aliphatic heterocycles. The molecule has 0 spiro atoms. The summed E-state index contributed by atoms with van der Waals surface area (Å²) in [6, 6.07) is 6.23. The summed E-state index contributed by atoms with van der Waals surface area (Å²) < 4.78 is 0. The van der Waals surface area contributed by atoms with Gasteiger partial charge in [-0.3, -0.25) is 4.98 Å². The Hall–Kier alpha value is -1.55. The molecule has 2 aromatic rings. The van der Waals surface area contributed by atoms with Gasteiger partial charge in [0.05, 0.1) is 17.6 Å². The quantitative estimate of drug-likeness (QED) is 0.853. The van der Waals surface area contributed by atoms with Crippen molar-refractivity contribution in [1.29, 1.82) is 0 Å². The van der Waals surface area contributed by atoms with E-state index < -0.39 is 0 Å². The van der Waals surface area contributed by atoms with Gasteiger partial charge >= 0.3 is 0 Å². The van der Waals surface area contributed by atoms with Crippen LogP contribution in [0, 0.1) is 0 Å². The van der Waals surface area contributed by atoms with E-state index in [-0.39, 0.29) is 0 Å². The van der Waals surface area contributed by atoms with Crippen LogP contribution in [0.15, 0.2) is 30.6 Å². The van der Waals surface area contributed by atoms with E-state index in [0.717, 1.165) is 18.7 Å². The maximum absolute atomic E-state index is 5.65. The van der Waals surface area contributed by atoms with E-state index in [1.807, 2.05) is 17.4 Å². The number of rotatable bonds is 4. The van der Waals surface area contributed by atoms with E-state index >= 15 is 0 Å². The molecule has 3 N–H and O–H groups in total. The molecule has 2 rings (SSSR count). The van der Waals surface area contributed by atoms with Crippen LogP contribution in [0.2, 0.25) is 0 Å². The topological polar surface area (TPSA) is 50.9 Å². The van der Waals surface area contributed by atoms with Crippen molar-refractivity contribution in [3.63, 3.8) is 0 Å². The standard InChI is InChI=1S/C12H15N3S/c1-2-11-3-4-12(16-11)8-15-10-5-9(13)6-14-7-10/h3-7,15H,2,8,13H2,1H3. The van der Waals surface area contributed by atoms with Crippen LogP contribution in [0.25, 0.3) is 0 Å². The second-order valence-corrected chi connectivity index (χ2v) is 4.83. The highest BCUT2D eigenvalue weighted by Crippen LogP contribution is 2.18. The van der Waals surface area contributed by atoms with E-state index in [2.05, 4.69) is 29.4 Å². The number of hydrogen-bond acceptors (Lipinski definition) is 4. The summed E-state index contributed by atoms with van der Waals surface area (Å²) in [5, 5.41) is 3.31. The maximum atomic E-state index is 5.65. The first-order valence-corrected chi connectivity index (χ1v) is 6.11. The van der Waals surface area contributed by atoms with Gasteiger partial charge in [-0.2, -0.15) is 0 Å². The number of aromatic nitrogens is 1. The Bertz CT molecular complexity index is 465. The Morgan fingerprint density at radius 3 is 2.81 bits per heavy atom. The summed E-state index contributed by atoms with van der Waals surface area (Å²) in [4.78, 5) is 6.79. The molecular formula is C12H15N3S. The summed E-state index contributed by atoms with van der Waals surface area (Å²) in [6.07, 6.45) is 4.53. The lowest BCUT2D eigenvalue weighted by Crippen LogP contribution is -1.98. The van der Waals surface area contributed by atoms with Gasteiger partial charge in [0, 0.05) is 22.5 Å². The molecule has 0 saturated heterocycles. The fourth-order valence-electron chi connectivity index (χ4n) is 1.45. The van der Waals surface area contributed by atoms with Crippen molar-refractivity contribution in [2.75, 3.05) is 11.1 Å². The van der Waals surface area contributed by atoms with Gasteiger partial charge in [0.2, 0.25) is 0 Å². The molecule has 0 atom stereocenters. The number of nitrogen functional groups attached to an aromatic ring is 1. The third kappa shape index (κ3) is 2.73. The first kappa shape index (κ1) is 11.0. The summed E-state index contributed by atoms with van der Waals surface area (Å²) in [5.74, 6) is 0. The normalized spacial score (nSPS) is 10.3. The van der Waals surface area contributed by atoms with Crippen LogP contribution < -0.4 is 11.1 Å². The van der Waals surface area contributed by atoms with E-state index in [0.29, 0.717) is 5.69 Å². The van der Waals surface area contributed by atoms with Crippen LogP contribution in [0.4, 0.5) is 11.4 Å². The minimum Gasteiger partial charge on any atom is -0.397 e. The van der Waals surface area contributed by atoms with Gasteiger partial charge in [-0.15, -0.1) is 11.3 Å². The smallest absolute Gasteiger partial charge is 0.0550 e. The number of nitrogens with one attached hydrogen (secondary N) is 1. The van der Waals surface area contributed by atoms with E-state index in [1.165, 1.54) is 9.75 Å². The van der Waals surface area contributed by atoms with Crippen LogP contribution in [0.3, 0.4) is 0 Å². The molecule has 0 amide bonds. The van der Waals surface area contributed by atoms with Gasteiger partial charge in [-0.1, -0.05) is 6.92 Å². The molecule has 0 aliphatic carbocycles. The lowest BCUT2D eigenvalue weighted by atomic mass is 10.3. The van der Waals surface area contributed by atoms with Crippen LogP contribution in [-0.4, -0.2) is 4.98 Å². The van der Waals surface area contributed by atoms with Gasteiger partial charge in [-0.25, -0.2) is 0 Å². The summed E-state index contributed by atoms with van der Waals surface area (Å²) in [6.45, 7) is 3.00. The van der Waals surface area contributed by atoms with Crippen molar-refractivity contribution in [1.82, 2.24) is 4.98 Å². The van der Waals surface area contributed by atoms with Gasteiger partial charge < -0.3 is 11.1 Å². The number of pyridine rings is 1. The first-order valence-electron chi connectivity index (χ1n) is 5.30. The highest BCUT2D eigenvalue weighted by Gasteiger charge is 1.99. The molecule has 0 unspecified atom stereocenters. The highest BCUT2D eigenvalue weighted by atomic mass is 32.1. The van der Waals surface area contributed by atoms with Crippen molar-refractivity contribution >= 4 is 22.7 Å². The van der Waals surface area contributed by atoms with Crippen molar-refractivity contribution in [3.8, 4) is 0 Å². The number of anilines is 2. The maximum Gasteiger partial charge on any atom is 0.0550 e. The molecule has 0 aromatic carbocycles. The van der Waals surface area contributed by atoms with Crippen molar-refractivity contribution in [3.05, 3.63) is 40.3 Å². The van der Waals surface area contributed by atoms with E-state index in [4.69, 9.17) is 5.73 Å². The van der Waals surface area contributed by atoms with Crippen LogP contribution >= 0.6 is 11.3 Å². The number of nitrogens with zero attached hydrogens (tertiary/aromatic N) is 1. The molecule has 3 nitrogen and oxygen atoms in total. The molecular weight excluding hydrogens is 218 g/mol. The van der Waals surface area contributed by atoms with Crippen LogP contribution in [0.5, 0.6) is 0 Å². The summed E-state index contributed by atoms with van der Waals surface area (Å²) >= 11 is 1.84. The van der Waals surface area contributed by atoms with Gasteiger partial charge in [0.25, 0.3) is 0 Å². The molecule has 16 heavy (non-hydrogen) atoms. The molecule has 2 heterocycles. The molecule has 4 heteroatoms. The van der Waals surface area contributed by atoms with Crippen LogP contribution in [-0.2, 0) is 13.0 Å². The molecule has 2 aromatic heterocycles. The number of hydrogen-bond donors (Lipinski definition) is 2. The Balaban J connectivity index is 1.96. The fraction of sp³-hybridized carbons (Fsp3) is 0.250. The van der Waals surface area contributed by atoms with Gasteiger partial charge in [-0.05, 0) is 24.6 Å². The largest absolute Gasteiger partial charge is 0.397 e. The Morgan fingerprint density at radius 1 is 1.31 bits per heavy atom. The zero-order valence-electron chi connectivity index (χ0n) is 9.23. The minimum absolute atomic E-state index is 0.686. The summed E-state index contributed by atoms with van der Waals surface area (Å²) in [7, 11) is 0. The van der Waals surface area contributed by atoms with Gasteiger partial charge in [0.15, 0.2) is 0 Å². The van der Waals surface area contributed by atoms with E-state index in [9.17, 15) is 0 Å². The number of aryl methyl sites for hydroxylation is 1. The number of thiophene rings is 1. The molecule has 0 radical (unpaired) electrons. The Labute approximate surface area is 99.3 Å². The van der Waals surface area contributed by atoms with Gasteiger partial charge in [0.1, 0.15) is 0 Å². The summed E-state index contributed by atoms with van der Waals surface area (Å²) in [5.41, 5.74) is 7.30. The molecule has 0 bridgehead atoms. The molecule has 0 aliphatic rings. The lowest BCUT2D eigenvalue weighted by Gasteiger charge is -2.04. The molecule has 84 valence electrons. The van der Waals surface area contributed by atoms with E-state index in [1.54, 1.807) is 12.4 Å². The average molecular weight is 233 g/mol. The average Bonchev–Trinajstić information content (AvgIpc) is 2.74. The highest BCUT2D eigenvalue weighted by molar-refractivity contribution is 7.12. The third-order valence-corrected chi connectivity index (χ3v) is 3.52. The Morgan fingerprint density at radius 2 is 2.12 bits per heavy atom. The molecule has 0 saturated carbocycles. The molecule has 0 fully saturated rings. The van der Waals surface area contributed by atoms with Crippen molar-refractivity contribution in [2.45, 2.75) is 19.9 Å². The van der Waals surface area contributed by atoms with Crippen LogP contribution in [0.1, 0.15) is 16.7 Å². The first-order chi connectivity index (χ1) is 7.78. The zero-order chi connectivity index (χ0) is 11.4. The SMILES string of the molecule is CCc1ccc(CNc2cncc(N)c2)s1. The third-order valence-electron chi connectivity index (χ3n) is 2.29. The van der Waals surface area contributed by atoms with Crippen molar-refractivity contribution in [2.24, 2.45) is 0 Å². The second-order valence-electron chi connectivity index (χ2n) is 3.58. The monoisotopic (exact) mass is 233 g/mol. The predicted octanol–water partition coefficient (Wildman–Crippen LogP) is 2.90. The predicted molar refractivity (Wildman–Crippen MR) is 69.7 cm³/mol. The van der Waals surface area contributed by atoms with Crippen molar-refractivity contribution < 1.29 is 0 Å². The lowest BCUT2D eigenvalue weighted by molar-refractivity contribution is 1.17. The minimum atomic E-state index is 0.686.